The van der Waals surface area contributed by atoms with Gasteiger partial charge < -0.3 is 10.0 Å². The summed E-state index contributed by atoms with van der Waals surface area (Å²) in [4.78, 5) is 14.1. The monoisotopic (exact) mass is 315 g/mol. The van der Waals surface area contributed by atoms with Crippen LogP contribution in [0.25, 0.3) is 5.69 Å². The minimum absolute atomic E-state index is 0.0688. The zero-order chi connectivity index (χ0) is 16.2. The molecule has 1 N–H and O–H groups in total. The molecule has 0 spiro atoms. The summed E-state index contributed by atoms with van der Waals surface area (Å²) < 4.78 is 1.57. The average Bonchev–Trinajstić information content (AvgIpc) is 3.21. The summed E-state index contributed by atoms with van der Waals surface area (Å²) in [6, 6.07) is 7.60. The van der Waals surface area contributed by atoms with Gasteiger partial charge in [-0.2, -0.15) is 0 Å². The zero-order valence-electron chi connectivity index (χ0n) is 13.2. The number of carbonyl (C=O) groups excluding carboxylic acids is 1. The van der Waals surface area contributed by atoms with Crippen molar-refractivity contribution in [1.29, 1.82) is 0 Å². The lowest BCUT2D eigenvalue weighted by Gasteiger charge is -2.23. The van der Waals surface area contributed by atoms with E-state index in [0.29, 0.717) is 13.0 Å². The zero-order valence-corrected chi connectivity index (χ0v) is 13.2. The topological polar surface area (TPSA) is 84.1 Å². The van der Waals surface area contributed by atoms with Crippen LogP contribution in [0.2, 0.25) is 0 Å². The van der Waals surface area contributed by atoms with Crippen LogP contribution in [0.1, 0.15) is 24.8 Å². The number of amides is 1. The fraction of sp³-hybridized carbons (Fsp3) is 0.500. The average molecular weight is 315 g/mol. The maximum atomic E-state index is 12.3. The summed E-state index contributed by atoms with van der Waals surface area (Å²) >= 11 is 0. The van der Waals surface area contributed by atoms with Crippen molar-refractivity contribution in [1.82, 2.24) is 25.1 Å². The molecule has 0 saturated heterocycles. The van der Waals surface area contributed by atoms with E-state index < -0.39 is 0 Å². The van der Waals surface area contributed by atoms with Crippen molar-refractivity contribution in [3.63, 3.8) is 0 Å². The Morgan fingerprint density at radius 3 is 2.74 bits per heavy atom. The van der Waals surface area contributed by atoms with Crippen LogP contribution in [0.3, 0.4) is 0 Å². The van der Waals surface area contributed by atoms with Crippen molar-refractivity contribution in [2.45, 2.75) is 31.8 Å². The van der Waals surface area contributed by atoms with Gasteiger partial charge in [0, 0.05) is 19.5 Å². The lowest BCUT2D eigenvalue weighted by molar-refractivity contribution is -0.130. The number of carbonyl (C=O) groups is 1. The minimum Gasteiger partial charge on any atom is -0.393 e. The van der Waals surface area contributed by atoms with Crippen molar-refractivity contribution in [2.24, 2.45) is 5.92 Å². The van der Waals surface area contributed by atoms with Crippen LogP contribution in [0, 0.1) is 5.92 Å². The van der Waals surface area contributed by atoms with E-state index in [4.69, 9.17) is 0 Å². The number of hydrogen-bond acceptors (Lipinski definition) is 5. The molecule has 23 heavy (non-hydrogen) atoms. The number of aromatic nitrogens is 4. The molecule has 7 heteroatoms. The predicted molar refractivity (Wildman–Crippen MR) is 83.8 cm³/mol. The van der Waals surface area contributed by atoms with Gasteiger partial charge in [-0.3, -0.25) is 4.79 Å². The summed E-state index contributed by atoms with van der Waals surface area (Å²) in [6.45, 7) is 0.628. The second kappa shape index (κ2) is 6.87. The SMILES string of the molecule is CN(CC1CCCC1O)C(=O)Cc1ccc(-n2cnnn2)cc1. The maximum Gasteiger partial charge on any atom is 0.226 e. The molecular weight excluding hydrogens is 294 g/mol. The van der Waals surface area contributed by atoms with E-state index in [9.17, 15) is 9.90 Å². The lowest BCUT2D eigenvalue weighted by Crippen LogP contribution is -2.35. The van der Waals surface area contributed by atoms with Gasteiger partial charge in [0.1, 0.15) is 6.33 Å². The molecule has 2 aromatic rings. The molecule has 1 amide bonds. The summed E-state index contributed by atoms with van der Waals surface area (Å²) in [5.74, 6) is 0.283. The highest BCUT2D eigenvalue weighted by molar-refractivity contribution is 5.78. The first kappa shape index (κ1) is 15.6. The Bertz CT molecular complexity index is 641. The van der Waals surface area contributed by atoms with Crippen molar-refractivity contribution in [3.8, 4) is 5.69 Å². The van der Waals surface area contributed by atoms with Gasteiger partial charge in [0.05, 0.1) is 18.2 Å². The van der Waals surface area contributed by atoms with Gasteiger partial charge >= 0.3 is 0 Å². The Balaban J connectivity index is 1.56. The quantitative estimate of drug-likeness (QED) is 0.883. The molecule has 122 valence electrons. The number of aliphatic hydroxyl groups is 1. The Hall–Kier alpha value is -2.28. The van der Waals surface area contributed by atoms with Crippen molar-refractivity contribution >= 4 is 5.91 Å². The summed E-state index contributed by atoms with van der Waals surface area (Å²) in [5, 5.41) is 20.9. The van der Waals surface area contributed by atoms with Gasteiger partial charge in [0.25, 0.3) is 0 Å². The Kier molecular flexibility index (Phi) is 4.66. The third kappa shape index (κ3) is 3.73. The van der Waals surface area contributed by atoms with Crippen LogP contribution < -0.4 is 0 Å². The van der Waals surface area contributed by atoms with Crippen LogP contribution in [0.4, 0.5) is 0 Å². The largest absolute Gasteiger partial charge is 0.393 e. The Labute approximate surface area is 134 Å². The Morgan fingerprint density at radius 1 is 1.35 bits per heavy atom. The molecule has 7 nitrogen and oxygen atoms in total. The summed E-state index contributed by atoms with van der Waals surface area (Å²) in [6.07, 6.45) is 4.52. The molecule has 1 aromatic carbocycles. The number of tetrazole rings is 1. The van der Waals surface area contributed by atoms with Gasteiger partial charge in [-0.05, 0) is 41.0 Å². The fourth-order valence-electron chi connectivity index (χ4n) is 3.04. The van der Waals surface area contributed by atoms with E-state index in [1.54, 1.807) is 9.58 Å². The molecule has 1 aliphatic carbocycles. The van der Waals surface area contributed by atoms with Crippen molar-refractivity contribution < 1.29 is 9.90 Å². The van der Waals surface area contributed by atoms with Gasteiger partial charge in [-0.15, -0.1) is 5.10 Å². The van der Waals surface area contributed by atoms with E-state index in [-0.39, 0.29) is 17.9 Å². The molecule has 0 aliphatic heterocycles. The first-order valence-corrected chi connectivity index (χ1v) is 7.88. The standard InChI is InChI=1S/C16H21N5O2/c1-20(10-13-3-2-4-15(13)22)16(23)9-12-5-7-14(8-6-12)21-11-17-18-19-21/h5-8,11,13,15,22H,2-4,9-10H2,1H3. The smallest absolute Gasteiger partial charge is 0.226 e. The first-order chi connectivity index (χ1) is 11.1. The molecule has 1 aliphatic rings. The molecule has 3 rings (SSSR count). The number of nitrogens with zero attached hydrogens (tertiary/aromatic N) is 5. The van der Waals surface area contributed by atoms with Crippen molar-refractivity contribution in [3.05, 3.63) is 36.2 Å². The third-order valence-corrected chi connectivity index (χ3v) is 4.46. The molecule has 2 unspecified atom stereocenters. The number of benzene rings is 1. The number of hydrogen-bond donors (Lipinski definition) is 1. The summed E-state index contributed by atoms with van der Waals surface area (Å²) in [7, 11) is 1.81. The van der Waals surface area contributed by atoms with Crippen LogP contribution in [0.5, 0.6) is 0 Å². The molecule has 0 bridgehead atoms. The first-order valence-electron chi connectivity index (χ1n) is 7.88. The predicted octanol–water partition coefficient (Wildman–Crippen LogP) is 0.824. The minimum atomic E-state index is -0.263. The van der Waals surface area contributed by atoms with E-state index in [1.807, 2.05) is 31.3 Å². The fourth-order valence-corrected chi connectivity index (χ4v) is 3.04. The summed E-state index contributed by atoms with van der Waals surface area (Å²) in [5.41, 5.74) is 1.80. The normalized spacial score (nSPS) is 20.6. The van der Waals surface area contributed by atoms with Gasteiger partial charge in [-0.1, -0.05) is 18.6 Å². The van der Waals surface area contributed by atoms with Gasteiger partial charge in [0.2, 0.25) is 5.91 Å². The highest BCUT2D eigenvalue weighted by atomic mass is 16.3. The van der Waals surface area contributed by atoms with Crippen LogP contribution in [0.15, 0.2) is 30.6 Å². The van der Waals surface area contributed by atoms with E-state index in [2.05, 4.69) is 15.5 Å². The second-order valence-electron chi connectivity index (χ2n) is 6.13. The van der Waals surface area contributed by atoms with Crippen LogP contribution in [-0.2, 0) is 11.2 Å². The van der Waals surface area contributed by atoms with Crippen LogP contribution in [-0.4, -0.2) is 55.8 Å². The maximum absolute atomic E-state index is 12.3. The number of rotatable bonds is 5. The highest BCUT2D eigenvalue weighted by Crippen LogP contribution is 2.26. The van der Waals surface area contributed by atoms with E-state index >= 15 is 0 Å². The third-order valence-electron chi connectivity index (χ3n) is 4.46. The van der Waals surface area contributed by atoms with E-state index in [1.165, 1.54) is 6.33 Å². The molecule has 1 aromatic heterocycles. The van der Waals surface area contributed by atoms with Gasteiger partial charge in [-0.25, -0.2) is 4.68 Å². The molecule has 1 heterocycles. The number of likely N-dealkylation sites (N-methyl/N-ethyl adjacent to an activating group) is 1. The Morgan fingerprint density at radius 2 is 2.13 bits per heavy atom. The van der Waals surface area contributed by atoms with Crippen LogP contribution >= 0.6 is 0 Å². The highest BCUT2D eigenvalue weighted by Gasteiger charge is 2.27. The number of aliphatic hydroxyl groups excluding tert-OH is 1. The van der Waals surface area contributed by atoms with Gasteiger partial charge in [0.15, 0.2) is 0 Å². The lowest BCUT2D eigenvalue weighted by atomic mass is 10.0. The molecule has 0 radical (unpaired) electrons. The van der Waals surface area contributed by atoms with E-state index in [0.717, 1.165) is 30.5 Å². The molecule has 2 atom stereocenters. The second-order valence-corrected chi connectivity index (χ2v) is 6.13. The molecular formula is C16H21N5O2. The molecule has 1 fully saturated rings. The molecule has 1 saturated carbocycles. The van der Waals surface area contributed by atoms with Crippen molar-refractivity contribution in [2.75, 3.05) is 13.6 Å².